The lowest BCUT2D eigenvalue weighted by atomic mass is 10.1. The fourth-order valence-corrected chi connectivity index (χ4v) is 2.25. The number of amides is 1. The highest BCUT2D eigenvalue weighted by Gasteiger charge is 2.15. The summed E-state index contributed by atoms with van der Waals surface area (Å²) in [5.41, 5.74) is 2.36. The average Bonchev–Trinajstić information content (AvgIpc) is 3.18. The largest absolute Gasteiger partial charge is 0.480 e. The normalized spacial score (nSPS) is 10.6. The molecule has 0 fully saturated rings. The molecule has 0 aliphatic carbocycles. The number of nitrogens with zero attached hydrogens (tertiary/aromatic N) is 5. The molecule has 0 spiro atoms. The van der Waals surface area contributed by atoms with Crippen LogP contribution in [-0.2, 0) is 17.9 Å². The molecule has 128 valence electrons. The van der Waals surface area contributed by atoms with Crippen LogP contribution in [-0.4, -0.2) is 41.5 Å². The van der Waals surface area contributed by atoms with Crippen LogP contribution in [0.15, 0.2) is 42.9 Å². The van der Waals surface area contributed by atoms with Gasteiger partial charge in [-0.15, -0.1) is 5.10 Å². The fourth-order valence-electron chi connectivity index (χ4n) is 2.25. The summed E-state index contributed by atoms with van der Waals surface area (Å²) in [6.45, 7) is 2.15. The van der Waals surface area contributed by atoms with E-state index in [9.17, 15) is 9.59 Å². The van der Waals surface area contributed by atoms with E-state index in [1.165, 1.54) is 24.2 Å². The summed E-state index contributed by atoms with van der Waals surface area (Å²) < 4.78 is 2.70. The maximum Gasteiger partial charge on any atom is 0.325 e. The molecule has 2 N–H and O–H groups in total. The molecule has 1 amide bonds. The standard InChI is InChI=1S/C16H16N6O3/c1-11-2-4-12(5-3-11)8-21-10-17-16(20-21)19-15(25)13-6-7-18-22(13)9-14(23)24/h2-7,10H,8-9H2,1H3,(H,23,24)(H,19,20,25). The molecule has 0 atom stereocenters. The van der Waals surface area contributed by atoms with Crippen molar-refractivity contribution in [1.82, 2.24) is 24.5 Å². The van der Waals surface area contributed by atoms with Crippen LogP contribution in [0.2, 0.25) is 0 Å². The van der Waals surface area contributed by atoms with Gasteiger partial charge in [-0.3, -0.25) is 14.9 Å². The van der Waals surface area contributed by atoms with Crippen LogP contribution < -0.4 is 5.32 Å². The molecule has 3 aromatic rings. The average molecular weight is 340 g/mol. The van der Waals surface area contributed by atoms with Crippen LogP contribution in [0.1, 0.15) is 21.6 Å². The highest BCUT2D eigenvalue weighted by Crippen LogP contribution is 2.07. The van der Waals surface area contributed by atoms with Crippen molar-refractivity contribution in [2.45, 2.75) is 20.0 Å². The van der Waals surface area contributed by atoms with Crippen molar-refractivity contribution in [3.8, 4) is 0 Å². The summed E-state index contributed by atoms with van der Waals surface area (Å²) in [5, 5.41) is 19.4. The number of rotatable bonds is 6. The Balaban J connectivity index is 1.67. The maximum absolute atomic E-state index is 12.2. The van der Waals surface area contributed by atoms with Crippen LogP contribution in [0, 0.1) is 6.92 Å². The van der Waals surface area contributed by atoms with E-state index in [-0.39, 0.29) is 11.6 Å². The number of hydrogen-bond acceptors (Lipinski definition) is 5. The lowest BCUT2D eigenvalue weighted by Gasteiger charge is -2.04. The molecule has 3 rings (SSSR count). The summed E-state index contributed by atoms with van der Waals surface area (Å²) in [5.74, 6) is -1.47. The summed E-state index contributed by atoms with van der Waals surface area (Å²) in [7, 11) is 0. The molecule has 0 radical (unpaired) electrons. The summed E-state index contributed by atoms with van der Waals surface area (Å²) >= 11 is 0. The number of hydrogen-bond donors (Lipinski definition) is 2. The van der Waals surface area contributed by atoms with Gasteiger partial charge < -0.3 is 5.11 Å². The van der Waals surface area contributed by atoms with E-state index < -0.39 is 18.4 Å². The van der Waals surface area contributed by atoms with E-state index in [0.29, 0.717) is 6.54 Å². The van der Waals surface area contributed by atoms with Crippen LogP contribution in [0.4, 0.5) is 5.95 Å². The van der Waals surface area contributed by atoms with E-state index in [1.54, 1.807) is 4.68 Å². The SMILES string of the molecule is Cc1ccc(Cn2cnc(NC(=O)c3ccnn3CC(=O)O)n2)cc1. The second kappa shape index (κ2) is 6.95. The number of anilines is 1. The van der Waals surface area contributed by atoms with Gasteiger partial charge in [-0.05, 0) is 18.6 Å². The maximum atomic E-state index is 12.2. The molecule has 2 heterocycles. The quantitative estimate of drug-likeness (QED) is 0.696. The first-order valence-electron chi connectivity index (χ1n) is 7.51. The van der Waals surface area contributed by atoms with Crippen molar-refractivity contribution in [2.75, 3.05) is 5.32 Å². The van der Waals surface area contributed by atoms with Crippen molar-refractivity contribution >= 4 is 17.8 Å². The molecule has 1 aromatic carbocycles. The van der Waals surface area contributed by atoms with Crippen molar-refractivity contribution in [2.24, 2.45) is 0 Å². The Morgan fingerprint density at radius 2 is 1.96 bits per heavy atom. The Hall–Kier alpha value is -3.49. The second-order valence-electron chi connectivity index (χ2n) is 5.47. The zero-order chi connectivity index (χ0) is 17.8. The van der Waals surface area contributed by atoms with Crippen molar-refractivity contribution in [1.29, 1.82) is 0 Å². The fraction of sp³-hybridized carbons (Fsp3) is 0.188. The van der Waals surface area contributed by atoms with Crippen molar-refractivity contribution in [3.63, 3.8) is 0 Å². The molecule has 25 heavy (non-hydrogen) atoms. The van der Waals surface area contributed by atoms with Gasteiger partial charge >= 0.3 is 5.97 Å². The van der Waals surface area contributed by atoms with Crippen LogP contribution in [0.5, 0.6) is 0 Å². The number of carbonyl (C=O) groups excluding carboxylic acids is 1. The van der Waals surface area contributed by atoms with Gasteiger partial charge in [0.05, 0.1) is 6.54 Å². The summed E-state index contributed by atoms with van der Waals surface area (Å²) in [6, 6.07) is 9.46. The lowest BCUT2D eigenvalue weighted by molar-refractivity contribution is -0.137. The van der Waals surface area contributed by atoms with Gasteiger partial charge in [-0.2, -0.15) is 5.10 Å². The minimum atomic E-state index is -1.08. The second-order valence-corrected chi connectivity index (χ2v) is 5.47. The molecule has 0 saturated heterocycles. The molecule has 2 aromatic heterocycles. The zero-order valence-corrected chi connectivity index (χ0v) is 13.5. The van der Waals surface area contributed by atoms with Crippen molar-refractivity contribution < 1.29 is 14.7 Å². The van der Waals surface area contributed by atoms with Gasteiger partial charge in [0.15, 0.2) is 0 Å². The number of carboxylic acid groups (broad SMARTS) is 1. The third-order valence-corrected chi connectivity index (χ3v) is 3.46. The van der Waals surface area contributed by atoms with Crippen molar-refractivity contribution in [3.05, 3.63) is 59.7 Å². The number of carbonyl (C=O) groups is 2. The first-order chi connectivity index (χ1) is 12.0. The van der Waals surface area contributed by atoms with E-state index in [4.69, 9.17) is 5.11 Å². The summed E-state index contributed by atoms with van der Waals surface area (Å²) in [6.07, 6.45) is 2.88. The molecular formula is C16H16N6O3. The third-order valence-electron chi connectivity index (χ3n) is 3.46. The number of carboxylic acids is 1. The molecular weight excluding hydrogens is 324 g/mol. The Morgan fingerprint density at radius 3 is 2.68 bits per heavy atom. The molecule has 0 unspecified atom stereocenters. The predicted molar refractivity (Wildman–Crippen MR) is 88.1 cm³/mol. The molecule has 0 aliphatic rings. The summed E-state index contributed by atoms with van der Waals surface area (Å²) in [4.78, 5) is 27.0. The predicted octanol–water partition coefficient (Wildman–Crippen LogP) is 1.17. The topological polar surface area (TPSA) is 115 Å². The van der Waals surface area contributed by atoms with E-state index in [2.05, 4.69) is 20.5 Å². The molecule has 9 heteroatoms. The monoisotopic (exact) mass is 340 g/mol. The Kier molecular flexibility index (Phi) is 4.55. The minimum absolute atomic E-state index is 0.122. The first-order valence-corrected chi connectivity index (χ1v) is 7.51. The first kappa shape index (κ1) is 16.4. The van der Waals surface area contributed by atoms with Crippen LogP contribution >= 0.6 is 0 Å². The van der Waals surface area contributed by atoms with Crippen LogP contribution in [0.25, 0.3) is 0 Å². The zero-order valence-electron chi connectivity index (χ0n) is 13.5. The molecule has 9 nitrogen and oxygen atoms in total. The number of aryl methyl sites for hydroxylation is 1. The molecule has 0 saturated carbocycles. The molecule has 0 aliphatic heterocycles. The minimum Gasteiger partial charge on any atom is -0.480 e. The highest BCUT2D eigenvalue weighted by atomic mass is 16.4. The van der Waals surface area contributed by atoms with Gasteiger partial charge in [-0.1, -0.05) is 29.8 Å². The van der Waals surface area contributed by atoms with Crippen LogP contribution in [0.3, 0.4) is 0 Å². The van der Waals surface area contributed by atoms with Gasteiger partial charge in [0.25, 0.3) is 5.91 Å². The van der Waals surface area contributed by atoms with E-state index >= 15 is 0 Å². The highest BCUT2D eigenvalue weighted by molar-refractivity contribution is 6.02. The van der Waals surface area contributed by atoms with E-state index in [1.807, 2.05) is 31.2 Å². The number of aromatic nitrogens is 5. The number of nitrogens with one attached hydrogen (secondary N) is 1. The van der Waals surface area contributed by atoms with Gasteiger partial charge in [-0.25, -0.2) is 14.3 Å². The van der Waals surface area contributed by atoms with Gasteiger partial charge in [0, 0.05) is 6.20 Å². The van der Waals surface area contributed by atoms with E-state index in [0.717, 1.165) is 10.2 Å². The lowest BCUT2D eigenvalue weighted by Crippen LogP contribution is -2.21. The Labute approximate surface area is 142 Å². The molecule has 0 bridgehead atoms. The number of benzene rings is 1. The number of aliphatic carboxylic acids is 1. The Bertz CT molecular complexity index is 897. The van der Waals surface area contributed by atoms with Gasteiger partial charge in [0.1, 0.15) is 18.6 Å². The van der Waals surface area contributed by atoms with Gasteiger partial charge in [0.2, 0.25) is 5.95 Å². The smallest absolute Gasteiger partial charge is 0.325 e. The third kappa shape index (κ3) is 4.08. The Morgan fingerprint density at radius 1 is 1.20 bits per heavy atom.